The quantitative estimate of drug-likeness (QED) is 0.508. The fourth-order valence-electron chi connectivity index (χ4n) is 2.14. The average molecular weight is 367 g/mol. The normalized spacial score (nSPS) is 11.7. The van der Waals surface area contributed by atoms with Crippen LogP contribution in [0.2, 0.25) is 0 Å². The Hall–Kier alpha value is -2.62. The van der Waals surface area contributed by atoms with Gasteiger partial charge in [-0.1, -0.05) is 48.6 Å². The van der Waals surface area contributed by atoms with Crippen LogP contribution in [0, 0.1) is 0 Å². The molecule has 0 spiro atoms. The summed E-state index contributed by atoms with van der Waals surface area (Å²) in [5, 5.41) is 7.50. The van der Waals surface area contributed by atoms with Gasteiger partial charge in [-0.15, -0.1) is 0 Å². The van der Waals surface area contributed by atoms with E-state index in [0.29, 0.717) is 29.2 Å². The summed E-state index contributed by atoms with van der Waals surface area (Å²) in [5.74, 6) is -0.853. The molecule has 0 aliphatic heterocycles. The van der Waals surface area contributed by atoms with Gasteiger partial charge in [0, 0.05) is 5.56 Å². The Morgan fingerprint density at radius 2 is 1.96 bits per heavy atom. The molecule has 130 valence electrons. The second-order valence-corrected chi connectivity index (χ2v) is 5.63. The maximum absolute atomic E-state index is 12.5. The largest absolute Gasteiger partial charge is 0.471 e. The first-order valence-electron chi connectivity index (χ1n) is 7.29. The zero-order chi connectivity index (χ0) is 18.0. The summed E-state index contributed by atoms with van der Waals surface area (Å²) in [6.07, 6.45) is -2.54. The van der Waals surface area contributed by atoms with Crippen molar-refractivity contribution in [1.82, 2.24) is 24.9 Å². The molecule has 0 fully saturated rings. The predicted molar refractivity (Wildman–Crippen MR) is 85.9 cm³/mol. The van der Waals surface area contributed by atoms with E-state index in [-0.39, 0.29) is 5.82 Å². The number of alkyl halides is 3. The number of benzene rings is 1. The summed E-state index contributed by atoms with van der Waals surface area (Å²) < 4.78 is 43.4. The third-order valence-electron chi connectivity index (χ3n) is 3.40. The van der Waals surface area contributed by atoms with Crippen LogP contribution in [0.1, 0.15) is 30.6 Å². The highest BCUT2D eigenvalue weighted by atomic mass is 32.1. The van der Waals surface area contributed by atoms with E-state index < -0.39 is 12.1 Å². The van der Waals surface area contributed by atoms with Gasteiger partial charge < -0.3 is 4.52 Å². The molecule has 0 atom stereocenters. The molecule has 0 saturated carbocycles. The third-order valence-corrected chi connectivity index (χ3v) is 3.87. The van der Waals surface area contributed by atoms with Gasteiger partial charge in [0.2, 0.25) is 5.82 Å². The summed E-state index contributed by atoms with van der Waals surface area (Å²) in [6, 6.07) is 6.74. The zero-order valence-corrected chi connectivity index (χ0v) is 13.8. The number of hydrogen-bond donors (Lipinski definition) is 0. The van der Waals surface area contributed by atoms with E-state index in [4.69, 9.17) is 12.2 Å². The Morgan fingerprint density at radius 3 is 2.56 bits per heavy atom. The second kappa shape index (κ2) is 6.71. The summed E-state index contributed by atoms with van der Waals surface area (Å²) in [7, 11) is 0. The Labute approximate surface area is 145 Å². The minimum atomic E-state index is -4.66. The van der Waals surface area contributed by atoms with E-state index in [0.717, 1.165) is 5.56 Å². The smallest absolute Gasteiger partial charge is 0.329 e. The standard InChI is InChI=1S/C15H12F3N5OS/c1-2-11(25)13-19-8-20-23(13)7-9-3-5-10(6-4-9)12-21-14(24-22-12)15(16,17)18/h3-6,8H,2,7H2,1H3. The first-order valence-corrected chi connectivity index (χ1v) is 7.70. The molecule has 3 aromatic rings. The highest BCUT2D eigenvalue weighted by molar-refractivity contribution is 7.80. The molecule has 6 nitrogen and oxygen atoms in total. The minimum absolute atomic E-state index is 0.118. The molecule has 25 heavy (non-hydrogen) atoms. The van der Waals surface area contributed by atoms with Crippen LogP contribution in [0.15, 0.2) is 35.1 Å². The van der Waals surface area contributed by atoms with Crippen molar-refractivity contribution in [2.45, 2.75) is 26.1 Å². The lowest BCUT2D eigenvalue weighted by Gasteiger charge is -2.06. The molecule has 2 heterocycles. The lowest BCUT2D eigenvalue weighted by Crippen LogP contribution is -2.11. The summed E-state index contributed by atoms with van der Waals surface area (Å²) >= 11 is 5.25. The van der Waals surface area contributed by atoms with Crippen molar-refractivity contribution in [2.75, 3.05) is 0 Å². The Morgan fingerprint density at radius 1 is 1.24 bits per heavy atom. The van der Waals surface area contributed by atoms with Gasteiger partial charge in [-0.2, -0.15) is 23.3 Å². The maximum Gasteiger partial charge on any atom is 0.471 e. The van der Waals surface area contributed by atoms with Crippen molar-refractivity contribution >= 4 is 17.1 Å². The maximum atomic E-state index is 12.5. The van der Waals surface area contributed by atoms with Crippen molar-refractivity contribution < 1.29 is 17.7 Å². The van der Waals surface area contributed by atoms with Crippen LogP contribution in [0.5, 0.6) is 0 Å². The molecule has 2 aromatic heterocycles. The molecule has 0 amide bonds. The van der Waals surface area contributed by atoms with Gasteiger partial charge in [-0.3, -0.25) is 0 Å². The van der Waals surface area contributed by atoms with Gasteiger partial charge in [0.25, 0.3) is 0 Å². The second-order valence-electron chi connectivity index (χ2n) is 5.14. The van der Waals surface area contributed by atoms with Crippen molar-refractivity contribution in [1.29, 1.82) is 0 Å². The van der Waals surface area contributed by atoms with Crippen LogP contribution in [0.25, 0.3) is 11.4 Å². The van der Waals surface area contributed by atoms with Crippen molar-refractivity contribution in [3.05, 3.63) is 47.9 Å². The van der Waals surface area contributed by atoms with Gasteiger partial charge in [0.05, 0.1) is 11.4 Å². The molecule has 0 aliphatic rings. The molecule has 1 aromatic carbocycles. The number of halogens is 3. The molecule has 0 bridgehead atoms. The van der Waals surface area contributed by atoms with E-state index in [2.05, 4.69) is 24.7 Å². The van der Waals surface area contributed by atoms with Crippen LogP contribution in [0.3, 0.4) is 0 Å². The summed E-state index contributed by atoms with van der Waals surface area (Å²) in [5.41, 5.74) is 1.31. The lowest BCUT2D eigenvalue weighted by molar-refractivity contribution is -0.159. The van der Waals surface area contributed by atoms with E-state index >= 15 is 0 Å². The Bertz CT molecular complexity index is 885. The van der Waals surface area contributed by atoms with Crippen LogP contribution < -0.4 is 0 Å². The number of rotatable bonds is 5. The molecule has 3 rings (SSSR count). The molecule has 0 unspecified atom stereocenters. The lowest BCUT2D eigenvalue weighted by atomic mass is 10.1. The number of hydrogen-bond acceptors (Lipinski definition) is 6. The molecular formula is C15H12F3N5OS. The van der Waals surface area contributed by atoms with Crippen LogP contribution in [-0.4, -0.2) is 29.8 Å². The fourth-order valence-corrected chi connectivity index (χ4v) is 2.30. The van der Waals surface area contributed by atoms with Gasteiger partial charge in [0.15, 0.2) is 5.82 Å². The first-order chi connectivity index (χ1) is 11.9. The van der Waals surface area contributed by atoms with Crippen molar-refractivity contribution in [3.8, 4) is 11.4 Å². The molecule has 0 saturated heterocycles. The number of aromatic nitrogens is 5. The Balaban J connectivity index is 1.78. The molecular weight excluding hydrogens is 355 g/mol. The third kappa shape index (κ3) is 3.73. The van der Waals surface area contributed by atoms with Crippen LogP contribution in [0.4, 0.5) is 13.2 Å². The van der Waals surface area contributed by atoms with Gasteiger partial charge in [0.1, 0.15) is 6.33 Å². The average Bonchev–Trinajstić information content (AvgIpc) is 3.24. The molecule has 10 heteroatoms. The predicted octanol–water partition coefficient (Wildman–Crippen LogP) is 3.52. The zero-order valence-electron chi connectivity index (χ0n) is 13.0. The summed E-state index contributed by atoms with van der Waals surface area (Å²) in [6.45, 7) is 2.38. The van der Waals surface area contributed by atoms with E-state index in [9.17, 15) is 13.2 Å². The van der Waals surface area contributed by atoms with Crippen molar-refractivity contribution in [2.24, 2.45) is 0 Å². The molecule has 0 radical (unpaired) electrons. The summed E-state index contributed by atoms with van der Waals surface area (Å²) in [4.78, 5) is 8.21. The van der Waals surface area contributed by atoms with Gasteiger partial charge in [-0.25, -0.2) is 9.67 Å². The molecule has 0 N–H and O–H groups in total. The van der Waals surface area contributed by atoms with E-state index in [1.54, 1.807) is 28.9 Å². The Kier molecular flexibility index (Phi) is 4.62. The van der Waals surface area contributed by atoms with Crippen LogP contribution in [-0.2, 0) is 12.7 Å². The van der Waals surface area contributed by atoms with E-state index in [1.165, 1.54) is 6.33 Å². The number of nitrogens with zero attached hydrogens (tertiary/aromatic N) is 5. The highest BCUT2D eigenvalue weighted by Gasteiger charge is 2.38. The van der Waals surface area contributed by atoms with Gasteiger partial charge >= 0.3 is 12.1 Å². The SMILES string of the molecule is CCC(=S)c1ncnn1Cc1ccc(-c2noc(C(F)(F)F)n2)cc1. The minimum Gasteiger partial charge on any atom is -0.329 e. The van der Waals surface area contributed by atoms with Crippen LogP contribution >= 0.6 is 12.2 Å². The monoisotopic (exact) mass is 367 g/mol. The van der Waals surface area contributed by atoms with E-state index in [1.807, 2.05) is 6.92 Å². The number of thiocarbonyl (C=S) groups is 1. The highest BCUT2D eigenvalue weighted by Crippen LogP contribution is 2.29. The van der Waals surface area contributed by atoms with Gasteiger partial charge in [-0.05, 0) is 12.0 Å². The molecule has 0 aliphatic carbocycles. The topological polar surface area (TPSA) is 69.6 Å². The fraction of sp³-hybridized carbons (Fsp3) is 0.267. The first kappa shape index (κ1) is 17.2. The van der Waals surface area contributed by atoms with Crippen molar-refractivity contribution in [3.63, 3.8) is 0 Å².